The summed E-state index contributed by atoms with van der Waals surface area (Å²) in [7, 11) is 0. The molecule has 1 N–H and O–H groups in total. The fraction of sp³-hybridized carbons (Fsp3) is 0.389. The first kappa shape index (κ1) is 18.2. The second kappa shape index (κ2) is 7.31. The maximum absolute atomic E-state index is 13.0. The Hall–Kier alpha value is -2.64. The minimum atomic E-state index is -4.48. The highest BCUT2D eigenvalue weighted by molar-refractivity contribution is 5.93. The summed E-state index contributed by atoms with van der Waals surface area (Å²) in [5, 5.41) is 2.56. The molecule has 2 heterocycles. The van der Waals surface area contributed by atoms with Crippen molar-refractivity contribution in [2.24, 2.45) is 5.92 Å². The van der Waals surface area contributed by atoms with Crippen LogP contribution in [0.4, 0.5) is 24.8 Å². The van der Waals surface area contributed by atoms with Gasteiger partial charge in [-0.3, -0.25) is 4.79 Å². The molecule has 0 saturated carbocycles. The summed E-state index contributed by atoms with van der Waals surface area (Å²) < 4.78 is 39.1. The topological polar surface area (TPSA) is 58.1 Å². The third-order valence-corrected chi connectivity index (χ3v) is 4.45. The molecule has 8 heteroatoms. The van der Waals surface area contributed by atoms with E-state index in [4.69, 9.17) is 0 Å². The van der Waals surface area contributed by atoms with E-state index in [1.54, 1.807) is 4.90 Å². The van der Waals surface area contributed by atoms with E-state index in [0.717, 1.165) is 18.9 Å². The first-order valence-electron chi connectivity index (χ1n) is 8.39. The van der Waals surface area contributed by atoms with Crippen LogP contribution in [0.3, 0.4) is 0 Å². The van der Waals surface area contributed by atoms with Gasteiger partial charge in [-0.2, -0.15) is 13.2 Å². The molecule has 0 atom stereocenters. The molecule has 1 fully saturated rings. The van der Waals surface area contributed by atoms with Crippen molar-refractivity contribution < 1.29 is 18.0 Å². The number of anilines is 2. The van der Waals surface area contributed by atoms with Crippen LogP contribution in [0.5, 0.6) is 0 Å². The zero-order chi connectivity index (χ0) is 18.7. The van der Waals surface area contributed by atoms with E-state index in [2.05, 4.69) is 22.2 Å². The van der Waals surface area contributed by atoms with Crippen LogP contribution in [0.15, 0.2) is 36.7 Å². The van der Waals surface area contributed by atoms with Crippen molar-refractivity contribution in [1.82, 2.24) is 14.9 Å². The maximum atomic E-state index is 13.0. The van der Waals surface area contributed by atoms with Gasteiger partial charge in [0.1, 0.15) is 0 Å². The number of hydrogen-bond donors (Lipinski definition) is 1. The molecule has 1 aliphatic heterocycles. The molecule has 0 unspecified atom stereocenters. The molecule has 3 rings (SSSR count). The molecular weight excluding hydrogens is 345 g/mol. The third-order valence-electron chi connectivity index (χ3n) is 4.45. The standard InChI is InChI=1S/C18H19F3N4O/c1-12-6-8-25(9-7-12)16(26)13-10-22-17(23-11-13)24-15-5-3-2-4-14(15)18(19,20)21/h2-5,10-12H,6-9H2,1H3,(H,22,23,24). The normalized spacial score (nSPS) is 15.8. The van der Waals surface area contributed by atoms with Crippen molar-refractivity contribution in [2.75, 3.05) is 18.4 Å². The van der Waals surface area contributed by atoms with Gasteiger partial charge in [0.25, 0.3) is 5.91 Å². The van der Waals surface area contributed by atoms with Gasteiger partial charge in [0.2, 0.25) is 5.95 Å². The average molecular weight is 364 g/mol. The molecule has 1 amide bonds. The summed E-state index contributed by atoms with van der Waals surface area (Å²) in [5.74, 6) is 0.459. The Morgan fingerprint density at radius 1 is 1.15 bits per heavy atom. The van der Waals surface area contributed by atoms with Crippen LogP contribution in [-0.4, -0.2) is 33.9 Å². The van der Waals surface area contributed by atoms with E-state index in [0.29, 0.717) is 24.6 Å². The quantitative estimate of drug-likeness (QED) is 0.890. The highest BCUT2D eigenvalue weighted by Crippen LogP contribution is 2.35. The minimum Gasteiger partial charge on any atom is -0.339 e. The molecule has 0 bridgehead atoms. The number of carbonyl (C=O) groups excluding carboxylic acids is 1. The number of alkyl halides is 3. The van der Waals surface area contributed by atoms with Gasteiger partial charge in [-0.15, -0.1) is 0 Å². The van der Waals surface area contributed by atoms with Crippen LogP contribution in [-0.2, 0) is 6.18 Å². The predicted octanol–water partition coefficient (Wildman–Crippen LogP) is 4.11. The molecule has 26 heavy (non-hydrogen) atoms. The molecule has 0 spiro atoms. The number of halogens is 3. The molecule has 0 radical (unpaired) electrons. The Morgan fingerprint density at radius 2 is 1.77 bits per heavy atom. The summed E-state index contributed by atoms with van der Waals surface area (Å²) in [5.41, 5.74) is -0.607. The number of likely N-dealkylation sites (tertiary alicyclic amines) is 1. The SMILES string of the molecule is CC1CCN(C(=O)c2cnc(Nc3ccccc3C(F)(F)F)nc2)CC1. The minimum absolute atomic E-state index is 0.00511. The van der Waals surface area contributed by atoms with Gasteiger partial charge in [0, 0.05) is 25.5 Å². The smallest absolute Gasteiger partial charge is 0.339 e. The first-order chi connectivity index (χ1) is 12.3. The van der Waals surface area contributed by atoms with Gasteiger partial charge in [0.15, 0.2) is 0 Å². The molecule has 2 aromatic rings. The number of rotatable bonds is 3. The molecule has 138 valence electrons. The van der Waals surface area contributed by atoms with E-state index in [9.17, 15) is 18.0 Å². The van der Waals surface area contributed by atoms with Gasteiger partial charge >= 0.3 is 6.18 Å². The number of para-hydroxylation sites is 1. The highest BCUT2D eigenvalue weighted by atomic mass is 19.4. The first-order valence-corrected chi connectivity index (χ1v) is 8.39. The summed E-state index contributed by atoms with van der Waals surface area (Å²) in [4.78, 5) is 22.2. The van der Waals surface area contributed by atoms with Crippen LogP contribution in [0, 0.1) is 5.92 Å². The number of benzene rings is 1. The van der Waals surface area contributed by atoms with Crippen molar-refractivity contribution in [1.29, 1.82) is 0 Å². The Kier molecular flexibility index (Phi) is 5.11. The van der Waals surface area contributed by atoms with E-state index in [-0.39, 0.29) is 17.5 Å². The number of piperidine rings is 1. The number of amides is 1. The van der Waals surface area contributed by atoms with Crippen LogP contribution < -0.4 is 5.32 Å². The van der Waals surface area contributed by atoms with Crippen molar-refractivity contribution in [3.8, 4) is 0 Å². The second-order valence-electron chi connectivity index (χ2n) is 6.44. The number of carbonyl (C=O) groups is 1. The van der Waals surface area contributed by atoms with Crippen molar-refractivity contribution in [3.05, 3.63) is 47.8 Å². The maximum Gasteiger partial charge on any atom is 0.418 e. The van der Waals surface area contributed by atoms with Gasteiger partial charge in [-0.1, -0.05) is 19.1 Å². The molecule has 5 nitrogen and oxygen atoms in total. The summed E-state index contributed by atoms with van der Waals surface area (Å²) in [6.45, 7) is 3.54. The van der Waals surface area contributed by atoms with E-state index in [1.807, 2.05) is 0 Å². The predicted molar refractivity (Wildman–Crippen MR) is 91.1 cm³/mol. The van der Waals surface area contributed by atoms with Gasteiger partial charge in [-0.05, 0) is 30.9 Å². The Morgan fingerprint density at radius 3 is 2.38 bits per heavy atom. The Balaban J connectivity index is 1.72. The zero-order valence-corrected chi connectivity index (χ0v) is 14.3. The summed E-state index contributed by atoms with van der Waals surface area (Å²) in [6, 6.07) is 5.10. The molecule has 1 aromatic carbocycles. The van der Waals surface area contributed by atoms with Crippen LogP contribution >= 0.6 is 0 Å². The Labute approximate surface area is 149 Å². The molecule has 1 aromatic heterocycles. The van der Waals surface area contributed by atoms with Gasteiger partial charge in [0.05, 0.1) is 16.8 Å². The highest BCUT2D eigenvalue weighted by Gasteiger charge is 2.33. The van der Waals surface area contributed by atoms with Gasteiger partial charge < -0.3 is 10.2 Å². The van der Waals surface area contributed by atoms with Crippen LogP contribution in [0.1, 0.15) is 35.7 Å². The monoisotopic (exact) mass is 364 g/mol. The van der Waals surface area contributed by atoms with Crippen LogP contribution in [0.25, 0.3) is 0 Å². The van der Waals surface area contributed by atoms with Crippen LogP contribution in [0.2, 0.25) is 0 Å². The fourth-order valence-electron chi connectivity index (χ4n) is 2.86. The lowest BCUT2D eigenvalue weighted by Crippen LogP contribution is -2.38. The summed E-state index contributed by atoms with van der Waals surface area (Å²) >= 11 is 0. The lowest BCUT2D eigenvalue weighted by atomic mass is 9.99. The van der Waals surface area contributed by atoms with Crippen molar-refractivity contribution in [3.63, 3.8) is 0 Å². The average Bonchev–Trinajstić information content (AvgIpc) is 2.62. The molecule has 0 aliphatic carbocycles. The van der Waals surface area contributed by atoms with Crippen molar-refractivity contribution >= 4 is 17.5 Å². The number of nitrogens with zero attached hydrogens (tertiary/aromatic N) is 3. The summed E-state index contributed by atoms with van der Waals surface area (Å²) in [6.07, 6.45) is 0.115. The molecule has 1 aliphatic rings. The Bertz CT molecular complexity index is 769. The van der Waals surface area contributed by atoms with E-state index in [1.165, 1.54) is 30.6 Å². The number of aromatic nitrogens is 2. The largest absolute Gasteiger partial charge is 0.418 e. The van der Waals surface area contributed by atoms with E-state index < -0.39 is 11.7 Å². The second-order valence-corrected chi connectivity index (χ2v) is 6.44. The molecular formula is C18H19F3N4O. The van der Waals surface area contributed by atoms with E-state index >= 15 is 0 Å². The lowest BCUT2D eigenvalue weighted by Gasteiger charge is -2.30. The number of hydrogen-bond acceptors (Lipinski definition) is 4. The van der Waals surface area contributed by atoms with Gasteiger partial charge in [-0.25, -0.2) is 9.97 Å². The van der Waals surface area contributed by atoms with Crippen molar-refractivity contribution in [2.45, 2.75) is 25.9 Å². The zero-order valence-electron chi connectivity index (χ0n) is 14.3. The fourth-order valence-corrected chi connectivity index (χ4v) is 2.86. The number of nitrogens with one attached hydrogen (secondary N) is 1. The molecule has 1 saturated heterocycles. The third kappa shape index (κ3) is 4.12. The lowest BCUT2D eigenvalue weighted by molar-refractivity contribution is -0.136.